The van der Waals surface area contributed by atoms with Gasteiger partial charge in [-0.2, -0.15) is 0 Å². The Balaban J connectivity index is 2.47. The fraction of sp³-hybridized carbons (Fsp3) is 0.364. The summed E-state index contributed by atoms with van der Waals surface area (Å²) in [7, 11) is 1.68. The summed E-state index contributed by atoms with van der Waals surface area (Å²) >= 11 is 5.90. The summed E-state index contributed by atoms with van der Waals surface area (Å²) in [5.41, 5.74) is 7.65. The lowest BCUT2D eigenvalue weighted by Gasteiger charge is -2.12. The van der Waals surface area contributed by atoms with Gasteiger partial charge in [0.05, 0.1) is 23.7 Å². The number of nitrogens with zero attached hydrogens (tertiary/aromatic N) is 2. The van der Waals surface area contributed by atoms with E-state index in [4.69, 9.17) is 22.1 Å². The highest BCUT2D eigenvalue weighted by atomic mass is 35.5. The molecule has 0 radical (unpaired) electrons. The molecule has 1 unspecified atom stereocenters. The first-order chi connectivity index (χ1) is 7.61. The van der Waals surface area contributed by atoms with E-state index in [2.05, 4.69) is 4.98 Å². The molecule has 0 saturated heterocycles. The summed E-state index contributed by atoms with van der Waals surface area (Å²) in [5, 5.41) is 0.664. The molecule has 0 aliphatic heterocycles. The summed E-state index contributed by atoms with van der Waals surface area (Å²) in [6.07, 6.45) is 0.0929. The Hall–Kier alpha value is -1.26. The number of hydrogen-bond acceptors (Lipinski definition) is 3. The van der Waals surface area contributed by atoms with Crippen molar-refractivity contribution in [1.29, 1.82) is 0 Å². The second-order valence-electron chi connectivity index (χ2n) is 3.76. The molecule has 5 heteroatoms. The molecule has 2 aromatic rings. The lowest BCUT2D eigenvalue weighted by molar-refractivity contribution is 0.105. The molecule has 0 bridgehead atoms. The normalized spacial score (nSPS) is 13.2. The Bertz CT molecular complexity index is 509. The van der Waals surface area contributed by atoms with E-state index in [-0.39, 0.29) is 6.10 Å². The number of aromatic nitrogens is 2. The Morgan fingerprint density at radius 2 is 2.31 bits per heavy atom. The molecule has 0 spiro atoms. The van der Waals surface area contributed by atoms with Crippen LogP contribution in [0.2, 0.25) is 5.02 Å². The number of benzene rings is 1. The third kappa shape index (κ3) is 1.99. The standard InChI is InChI=1S/C11H14ClN3O/c1-7(16-2)6-15-10-4-3-8(12)5-9(10)14-11(15)13/h3-5,7H,6H2,1-2H3,(H2,13,14). The van der Waals surface area contributed by atoms with Gasteiger partial charge in [-0.3, -0.25) is 0 Å². The highest BCUT2D eigenvalue weighted by Crippen LogP contribution is 2.22. The Morgan fingerprint density at radius 1 is 1.56 bits per heavy atom. The van der Waals surface area contributed by atoms with E-state index in [0.717, 1.165) is 11.0 Å². The van der Waals surface area contributed by atoms with E-state index < -0.39 is 0 Å². The van der Waals surface area contributed by atoms with Crippen LogP contribution in [0, 0.1) is 0 Å². The van der Waals surface area contributed by atoms with Gasteiger partial charge in [0.1, 0.15) is 0 Å². The number of nitrogens with two attached hydrogens (primary N) is 1. The largest absolute Gasteiger partial charge is 0.380 e. The third-order valence-corrected chi connectivity index (χ3v) is 2.82. The Labute approximate surface area is 99.0 Å². The first kappa shape index (κ1) is 11.2. The number of hydrogen-bond donors (Lipinski definition) is 1. The van der Waals surface area contributed by atoms with E-state index in [0.29, 0.717) is 17.5 Å². The fourth-order valence-corrected chi connectivity index (χ4v) is 1.81. The van der Waals surface area contributed by atoms with Gasteiger partial charge in [0, 0.05) is 12.1 Å². The molecule has 86 valence electrons. The van der Waals surface area contributed by atoms with Crippen LogP contribution in [0.5, 0.6) is 0 Å². The summed E-state index contributed by atoms with van der Waals surface area (Å²) in [5.74, 6) is 0.487. The van der Waals surface area contributed by atoms with Crippen molar-refractivity contribution in [2.75, 3.05) is 12.8 Å². The lowest BCUT2D eigenvalue weighted by atomic mass is 10.3. The zero-order valence-electron chi connectivity index (χ0n) is 9.27. The van der Waals surface area contributed by atoms with Crippen molar-refractivity contribution < 1.29 is 4.74 Å². The smallest absolute Gasteiger partial charge is 0.201 e. The quantitative estimate of drug-likeness (QED) is 0.894. The summed E-state index contributed by atoms with van der Waals surface area (Å²) in [4.78, 5) is 4.26. The van der Waals surface area contributed by atoms with Crippen LogP contribution >= 0.6 is 11.6 Å². The van der Waals surface area contributed by atoms with Gasteiger partial charge in [-0.25, -0.2) is 4.98 Å². The van der Waals surface area contributed by atoms with Gasteiger partial charge in [0.2, 0.25) is 5.95 Å². The van der Waals surface area contributed by atoms with Crippen LogP contribution in [0.25, 0.3) is 11.0 Å². The van der Waals surface area contributed by atoms with Crippen LogP contribution in [0.3, 0.4) is 0 Å². The van der Waals surface area contributed by atoms with Gasteiger partial charge in [0.15, 0.2) is 0 Å². The molecular weight excluding hydrogens is 226 g/mol. The van der Waals surface area contributed by atoms with Crippen LogP contribution < -0.4 is 5.73 Å². The van der Waals surface area contributed by atoms with Gasteiger partial charge in [-0.05, 0) is 25.1 Å². The predicted octanol–water partition coefficient (Wildman–Crippen LogP) is 2.31. The van der Waals surface area contributed by atoms with E-state index >= 15 is 0 Å². The number of ether oxygens (including phenoxy) is 1. The average Bonchev–Trinajstić information content (AvgIpc) is 2.54. The molecule has 0 amide bonds. The van der Waals surface area contributed by atoms with Crippen molar-refractivity contribution in [2.24, 2.45) is 0 Å². The monoisotopic (exact) mass is 239 g/mol. The first-order valence-corrected chi connectivity index (χ1v) is 5.43. The molecule has 0 aliphatic carbocycles. The van der Waals surface area contributed by atoms with Gasteiger partial charge in [0.25, 0.3) is 0 Å². The van der Waals surface area contributed by atoms with Crippen LogP contribution in [0.1, 0.15) is 6.92 Å². The average molecular weight is 240 g/mol. The molecule has 1 heterocycles. The van der Waals surface area contributed by atoms with Crippen molar-refractivity contribution in [1.82, 2.24) is 9.55 Å². The molecule has 1 atom stereocenters. The maximum absolute atomic E-state index is 5.90. The number of fused-ring (bicyclic) bond motifs is 1. The second kappa shape index (κ2) is 4.31. The molecule has 16 heavy (non-hydrogen) atoms. The van der Waals surface area contributed by atoms with E-state index in [9.17, 15) is 0 Å². The minimum atomic E-state index is 0.0929. The molecular formula is C11H14ClN3O. The maximum atomic E-state index is 5.90. The van der Waals surface area contributed by atoms with Gasteiger partial charge in [-0.1, -0.05) is 11.6 Å². The second-order valence-corrected chi connectivity index (χ2v) is 4.20. The van der Waals surface area contributed by atoms with Gasteiger partial charge in [-0.15, -0.1) is 0 Å². The Morgan fingerprint density at radius 3 is 3.00 bits per heavy atom. The fourth-order valence-electron chi connectivity index (χ4n) is 1.65. The maximum Gasteiger partial charge on any atom is 0.201 e. The van der Waals surface area contributed by atoms with Crippen LogP contribution in [0.15, 0.2) is 18.2 Å². The number of methoxy groups -OCH3 is 1. The third-order valence-electron chi connectivity index (χ3n) is 2.58. The molecule has 0 aliphatic rings. The lowest BCUT2D eigenvalue weighted by Crippen LogP contribution is -2.16. The molecule has 1 aromatic heterocycles. The summed E-state index contributed by atoms with van der Waals surface area (Å²) in [6, 6.07) is 5.56. The first-order valence-electron chi connectivity index (χ1n) is 5.06. The van der Waals surface area contributed by atoms with Crippen LogP contribution in [-0.4, -0.2) is 22.8 Å². The molecule has 2 N–H and O–H groups in total. The van der Waals surface area contributed by atoms with Gasteiger partial charge < -0.3 is 15.0 Å². The number of imidazole rings is 1. The summed E-state index contributed by atoms with van der Waals surface area (Å²) < 4.78 is 7.15. The van der Waals surface area contributed by atoms with E-state index in [1.165, 1.54) is 0 Å². The van der Waals surface area contributed by atoms with Crippen molar-refractivity contribution in [3.63, 3.8) is 0 Å². The number of halogens is 1. The van der Waals surface area contributed by atoms with E-state index in [1.54, 1.807) is 13.2 Å². The molecule has 4 nitrogen and oxygen atoms in total. The zero-order chi connectivity index (χ0) is 11.7. The highest BCUT2D eigenvalue weighted by Gasteiger charge is 2.10. The molecule has 2 rings (SSSR count). The van der Waals surface area contributed by atoms with Crippen molar-refractivity contribution >= 4 is 28.6 Å². The van der Waals surface area contributed by atoms with Crippen molar-refractivity contribution in [2.45, 2.75) is 19.6 Å². The van der Waals surface area contributed by atoms with E-state index in [1.807, 2.05) is 23.6 Å². The molecule has 0 fully saturated rings. The number of rotatable bonds is 3. The minimum Gasteiger partial charge on any atom is -0.380 e. The number of anilines is 1. The van der Waals surface area contributed by atoms with Crippen molar-refractivity contribution in [3.8, 4) is 0 Å². The molecule has 0 saturated carbocycles. The summed E-state index contributed by atoms with van der Waals surface area (Å²) in [6.45, 7) is 2.67. The van der Waals surface area contributed by atoms with Crippen molar-refractivity contribution in [3.05, 3.63) is 23.2 Å². The predicted molar refractivity (Wildman–Crippen MR) is 65.6 cm³/mol. The Kier molecular flexibility index (Phi) is 3.03. The minimum absolute atomic E-state index is 0.0929. The van der Waals surface area contributed by atoms with Crippen LogP contribution in [0.4, 0.5) is 5.95 Å². The SMILES string of the molecule is COC(C)Cn1c(N)nc2cc(Cl)ccc21. The zero-order valence-corrected chi connectivity index (χ0v) is 10.0. The topological polar surface area (TPSA) is 53.1 Å². The number of nitrogen functional groups attached to an aromatic ring is 1. The van der Waals surface area contributed by atoms with Gasteiger partial charge >= 0.3 is 0 Å². The molecule has 1 aromatic carbocycles. The van der Waals surface area contributed by atoms with Crippen LogP contribution in [-0.2, 0) is 11.3 Å². The highest BCUT2D eigenvalue weighted by molar-refractivity contribution is 6.31.